The van der Waals surface area contributed by atoms with Crippen molar-refractivity contribution in [1.82, 2.24) is 26.3 Å². The number of aromatic nitrogens is 1. The summed E-state index contributed by atoms with van der Waals surface area (Å²) in [5, 5.41) is 20.7. The molecular formula is C37H50N6O8. The van der Waals surface area contributed by atoms with Crippen LogP contribution < -0.4 is 27.0 Å². The van der Waals surface area contributed by atoms with Crippen LogP contribution in [0.4, 0.5) is 0 Å². The maximum atomic E-state index is 13.5. The number of amides is 4. The highest BCUT2D eigenvalue weighted by Gasteiger charge is 2.32. The number of nitrogens with one attached hydrogen (secondary N) is 5. The number of rotatable bonds is 19. The highest BCUT2D eigenvalue weighted by molar-refractivity contribution is 5.95. The van der Waals surface area contributed by atoms with E-state index < -0.39 is 71.7 Å². The molecular weight excluding hydrogens is 656 g/mol. The highest BCUT2D eigenvalue weighted by atomic mass is 16.5. The molecule has 0 aliphatic carbocycles. The average molecular weight is 707 g/mol. The van der Waals surface area contributed by atoms with Gasteiger partial charge in [0, 0.05) is 23.5 Å². The molecule has 3 aromatic rings. The number of carbonyl (C=O) groups is 6. The van der Waals surface area contributed by atoms with Crippen LogP contribution in [-0.4, -0.2) is 75.9 Å². The first kappa shape index (κ1) is 40.2. The lowest BCUT2D eigenvalue weighted by molar-refractivity contribution is -0.145. The van der Waals surface area contributed by atoms with E-state index in [1.54, 1.807) is 32.2 Å². The first-order chi connectivity index (χ1) is 24.2. The standard InChI is InChI=1S/C37H50N6O8/c1-21(2)17-30(37(49)50)42-36(48)32(22(3)4)43-33(45)23(5)40-35(47)29(15-16-31(44)51-20-24-11-7-6-8-12-24)41-34(46)27(38)18-25-19-39-28-14-10-9-13-26(25)28/h6-14,19,21-23,27,29-30,32,39H,15-18,20,38H2,1-5H3,(H,40,47)(H,41,46)(H,42,48)(H,43,45)(H,49,50)/t23-,27+,29+,30-,32+/m0/s1. The molecule has 0 saturated carbocycles. The molecule has 1 heterocycles. The third-order valence-corrected chi connectivity index (χ3v) is 8.28. The van der Waals surface area contributed by atoms with E-state index in [9.17, 15) is 33.9 Å². The summed E-state index contributed by atoms with van der Waals surface area (Å²) in [5.41, 5.74) is 8.74. The number of esters is 1. The maximum absolute atomic E-state index is 13.5. The Morgan fingerprint density at radius 1 is 0.784 bits per heavy atom. The van der Waals surface area contributed by atoms with Crippen LogP contribution in [-0.2, 0) is 46.5 Å². The molecule has 0 spiro atoms. The molecule has 5 atom stereocenters. The summed E-state index contributed by atoms with van der Waals surface area (Å²) in [6.45, 7) is 8.47. The summed E-state index contributed by atoms with van der Waals surface area (Å²) in [6, 6.07) is 10.9. The molecule has 0 aliphatic rings. The van der Waals surface area contributed by atoms with Gasteiger partial charge in [0.25, 0.3) is 0 Å². The monoisotopic (exact) mass is 706 g/mol. The molecule has 276 valence electrons. The number of ether oxygens (including phenoxy) is 1. The minimum absolute atomic E-state index is 0.00375. The van der Waals surface area contributed by atoms with Gasteiger partial charge < -0.3 is 41.8 Å². The van der Waals surface area contributed by atoms with Gasteiger partial charge in [-0.2, -0.15) is 0 Å². The molecule has 0 aliphatic heterocycles. The minimum atomic E-state index is -1.26. The number of carboxylic acids is 1. The fourth-order valence-corrected chi connectivity index (χ4v) is 5.40. The molecule has 0 fully saturated rings. The van der Waals surface area contributed by atoms with Gasteiger partial charge in [0.15, 0.2) is 0 Å². The number of benzene rings is 2. The number of aromatic amines is 1. The molecule has 8 N–H and O–H groups in total. The largest absolute Gasteiger partial charge is 0.480 e. The second kappa shape index (κ2) is 19.2. The van der Waals surface area contributed by atoms with Crippen LogP contribution >= 0.6 is 0 Å². The molecule has 14 nitrogen and oxygen atoms in total. The van der Waals surface area contributed by atoms with Crippen LogP contribution in [0.15, 0.2) is 60.8 Å². The lowest BCUT2D eigenvalue weighted by Crippen LogP contribution is -2.59. The Morgan fingerprint density at radius 2 is 1.43 bits per heavy atom. The number of nitrogens with two attached hydrogens (primary N) is 1. The zero-order chi connectivity index (χ0) is 37.7. The number of para-hydroxylation sites is 1. The lowest BCUT2D eigenvalue weighted by Gasteiger charge is -2.27. The first-order valence-electron chi connectivity index (χ1n) is 17.1. The van der Waals surface area contributed by atoms with Gasteiger partial charge in [-0.15, -0.1) is 0 Å². The third kappa shape index (κ3) is 12.5. The van der Waals surface area contributed by atoms with Crippen LogP contribution in [0, 0.1) is 11.8 Å². The van der Waals surface area contributed by atoms with Gasteiger partial charge in [-0.25, -0.2) is 4.79 Å². The number of aliphatic carboxylic acids is 1. The molecule has 0 radical (unpaired) electrons. The summed E-state index contributed by atoms with van der Waals surface area (Å²) in [6.07, 6.45) is 1.76. The molecule has 51 heavy (non-hydrogen) atoms. The van der Waals surface area contributed by atoms with Crippen LogP contribution in [0.5, 0.6) is 0 Å². The number of hydrogen-bond acceptors (Lipinski definition) is 8. The van der Waals surface area contributed by atoms with Crippen molar-refractivity contribution >= 4 is 46.5 Å². The van der Waals surface area contributed by atoms with E-state index in [4.69, 9.17) is 10.5 Å². The van der Waals surface area contributed by atoms with Gasteiger partial charge in [-0.1, -0.05) is 76.2 Å². The summed E-state index contributed by atoms with van der Waals surface area (Å²) < 4.78 is 5.34. The Balaban J connectivity index is 1.68. The van der Waals surface area contributed by atoms with Crippen molar-refractivity contribution in [2.24, 2.45) is 17.6 Å². The van der Waals surface area contributed by atoms with E-state index in [2.05, 4.69) is 26.3 Å². The number of carbonyl (C=O) groups excluding carboxylic acids is 5. The summed E-state index contributed by atoms with van der Waals surface area (Å²) >= 11 is 0. The topological polar surface area (TPSA) is 222 Å². The van der Waals surface area contributed by atoms with E-state index in [-0.39, 0.29) is 38.2 Å². The quantitative estimate of drug-likeness (QED) is 0.0908. The van der Waals surface area contributed by atoms with Gasteiger partial charge in [0.2, 0.25) is 23.6 Å². The summed E-state index contributed by atoms with van der Waals surface area (Å²) in [5.74, 6) is -4.98. The fourth-order valence-electron chi connectivity index (χ4n) is 5.40. The minimum Gasteiger partial charge on any atom is -0.480 e. The van der Waals surface area contributed by atoms with E-state index in [1.165, 1.54) is 6.92 Å². The van der Waals surface area contributed by atoms with Gasteiger partial charge in [0.1, 0.15) is 30.8 Å². The van der Waals surface area contributed by atoms with Crippen molar-refractivity contribution in [3.8, 4) is 0 Å². The molecule has 14 heteroatoms. The molecule has 2 aromatic carbocycles. The summed E-state index contributed by atoms with van der Waals surface area (Å²) in [4.78, 5) is 80.5. The Bertz CT molecular complexity index is 1660. The van der Waals surface area contributed by atoms with E-state index >= 15 is 0 Å². The maximum Gasteiger partial charge on any atom is 0.326 e. The number of carboxylic acid groups (broad SMARTS) is 1. The first-order valence-corrected chi connectivity index (χ1v) is 17.1. The highest BCUT2D eigenvalue weighted by Crippen LogP contribution is 2.19. The van der Waals surface area contributed by atoms with E-state index in [0.29, 0.717) is 0 Å². The molecule has 4 amide bonds. The average Bonchev–Trinajstić information content (AvgIpc) is 3.49. The van der Waals surface area contributed by atoms with Crippen LogP contribution in [0.25, 0.3) is 10.9 Å². The molecule has 0 saturated heterocycles. The van der Waals surface area contributed by atoms with Gasteiger partial charge in [0.05, 0.1) is 6.04 Å². The third-order valence-electron chi connectivity index (χ3n) is 8.28. The molecule has 0 unspecified atom stereocenters. The Kier molecular flexibility index (Phi) is 15.2. The van der Waals surface area contributed by atoms with Gasteiger partial charge >= 0.3 is 11.9 Å². The van der Waals surface area contributed by atoms with Gasteiger partial charge in [-0.3, -0.25) is 24.0 Å². The smallest absolute Gasteiger partial charge is 0.326 e. The zero-order valence-corrected chi connectivity index (χ0v) is 29.7. The Morgan fingerprint density at radius 3 is 2.08 bits per heavy atom. The lowest BCUT2D eigenvalue weighted by atomic mass is 10.00. The van der Waals surface area contributed by atoms with Crippen molar-refractivity contribution in [3.63, 3.8) is 0 Å². The van der Waals surface area contributed by atoms with E-state index in [0.717, 1.165) is 22.0 Å². The molecule has 0 bridgehead atoms. The Labute approximate surface area is 297 Å². The van der Waals surface area contributed by atoms with Crippen molar-refractivity contribution in [3.05, 3.63) is 71.9 Å². The second-order valence-electron chi connectivity index (χ2n) is 13.4. The van der Waals surface area contributed by atoms with Crippen molar-refractivity contribution in [2.75, 3.05) is 0 Å². The van der Waals surface area contributed by atoms with Crippen molar-refractivity contribution in [2.45, 2.75) is 97.1 Å². The number of fused-ring (bicyclic) bond motifs is 1. The summed E-state index contributed by atoms with van der Waals surface area (Å²) in [7, 11) is 0. The predicted molar refractivity (Wildman–Crippen MR) is 191 cm³/mol. The SMILES string of the molecule is CC(C)C[C@H](NC(=O)[C@H](NC(=O)[C@H](C)NC(=O)[C@@H](CCC(=O)OCc1ccccc1)NC(=O)[C@H](N)Cc1c[nH]c2ccccc12)C(C)C)C(=O)O. The van der Waals surface area contributed by atoms with Gasteiger partial charge in [-0.05, 0) is 55.2 Å². The number of H-pyrrole nitrogens is 1. The van der Waals surface area contributed by atoms with Crippen LogP contribution in [0.3, 0.4) is 0 Å². The fraction of sp³-hybridized carbons (Fsp3) is 0.459. The van der Waals surface area contributed by atoms with Crippen LogP contribution in [0.2, 0.25) is 0 Å². The van der Waals surface area contributed by atoms with Crippen molar-refractivity contribution in [1.29, 1.82) is 0 Å². The molecule has 3 rings (SSSR count). The normalized spacial score (nSPS) is 14.2. The van der Waals surface area contributed by atoms with Crippen molar-refractivity contribution < 1.29 is 38.6 Å². The van der Waals surface area contributed by atoms with Crippen LogP contribution in [0.1, 0.15) is 65.0 Å². The zero-order valence-electron chi connectivity index (χ0n) is 29.7. The number of hydrogen-bond donors (Lipinski definition) is 7. The Hall–Kier alpha value is -5.24. The van der Waals surface area contributed by atoms with E-state index in [1.807, 2.05) is 56.3 Å². The molecule has 1 aromatic heterocycles. The predicted octanol–water partition coefficient (Wildman–Crippen LogP) is 2.31. The second-order valence-corrected chi connectivity index (χ2v) is 13.4.